The number of nitrogens with two attached hydrogens (primary N) is 1. The van der Waals surface area contributed by atoms with Crippen LogP contribution < -0.4 is 5.73 Å². The SMILES string of the molecule is NCC1(c2nccs2)CCOC1. The second-order valence-electron chi connectivity index (χ2n) is 3.12. The van der Waals surface area contributed by atoms with Crippen molar-refractivity contribution in [3.05, 3.63) is 16.6 Å². The molecule has 0 aromatic carbocycles. The molecule has 1 saturated heterocycles. The van der Waals surface area contributed by atoms with E-state index in [0.29, 0.717) is 6.54 Å². The van der Waals surface area contributed by atoms with E-state index >= 15 is 0 Å². The standard InChI is InChI=1S/C8H12N2OS/c9-5-8(1-3-11-6-8)7-10-2-4-12-7/h2,4H,1,3,5-6,9H2. The van der Waals surface area contributed by atoms with Gasteiger partial charge in [0.2, 0.25) is 0 Å². The molecule has 3 nitrogen and oxygen atoms in total. The van der Waals surface area contributed by atoms with Gasteiger partial charge in [0, 0.05) is 24.7 Å². The van der Waals surface area contributed by atoms with Crippen molar-refractivity contribution < 1.29 is 4.74 Å². The normalized spacial score (nSPS) is 29.4. The van der Waals surface area contributed by atoms with E-state index in [0.717, 1.165) is 24.6 Å². The van der Waals surface area contributed by atoms with Gasteiger partial charge in [-0.25, -0.2) is 4.98 Å². The molecular formula is C8H12N2OS. The lowest BCUT2D eigenvalue weighted by Crippen LogP contribution is -2.35. The summed E-state index contributed by atoms with van der Waals surface area (Å²) in [5.41, 5.74) is 5.77. The fraction of sp³-hybridized carbons (Fsp3) is 0.625. The Hall–Kier alpha value is -0.450. The highest BCUT2D eigenvalue weighted by atomic mass is 32.1. The van der Waals surface area contributed by atoms with E-state index in [9.17, 15) is 0 Å². The third-order valence-electron chi connectivity index (χ3n) is 2.38. The first-order valence-corrected chi connectivity index (χ1v) is 4.93. The van der Waals surface area contributed by atoms with Gasteiger partial charge in [-0.3, -0.25) is 0 Å². The predicted molar refractivity (Wildman–Crippen MR) is 48.3 cm³/mol. The molecule has 0 aliphatic carbocycles. The second-order valence-corrected chi connectivity index (χ2v) is 4.02. The highest BCUT2D eigenvalue weighted by molar-refractivity contribution is 7.09. The molecule has 0 bridgehead atoms. The predicted octanol–water partition coefficient (Wildman–Crippen LogP) is 0.760. The zero-order chi connectivity index (χ0) is 8.44. The molecule has 2 heterocycles. The molecule has 4 heteroatoms. The molecule has 12 heavy (non-hydrogen) atoms. The molecule has 1 aromatic rings. The highest BCUT2D eigenvalue weighted by Crippen LogP contribution is 2.33. The number of ether oxygens (including phenoxy) is 1. The van der Waals surface area contributed by atoms with Crippen molar-refractivity contribution in [2.45, 2.75) is 11.8 Å². The smallest absolute Gasteiger partial charge is 0.102 e. The van der Waals surface area contributed by atoms with Crippen LogP contribution in [0.4, 0.5) is 0 Å². The van der Waals surface area contributed by atoms with Crippen LogP contribution in [-0.2, 0) is 10.2 Å². The molecular weight excluding hydrogens is 172 g/mol. The van der Waals surface area contributed by atoms with Gasteiger partial charge in [-0.1, -0.05) is 0 Å². The van der Waals surface area contributed by atoms with Crippen LogP contribution in [0.3, 0.4) is 0 Å². The minimum Gasteiger partial charge on any atom is -0.380 e. The Labute approximate surface area is 75.6 Å². The van der Waals surface area contributed by atoms with Crippen molar-refractivity contribution >= 4 is 11.3 Å². The quantitative estimate of drug-likeness (QED) is 0.738. The molecule has 0 amide bonds. The Balaban J connectivity index is 2.28. The zero-order valence-electron chi connectivity index (χ0n) is 6.82. The van der Waals surface area contributed by atoms with Gasteiger partial charge in [-0.15, -0.1) is 11.3 Å². The number of aromatic nitrogens is 1. The van der Waals surface area contributed by atoms with Crippen LogP contribution >= 0.6 is 11.3 Å². The Morgan fingerprint density at radius 3 is 3.17 bits per heavy atom. The second kappa shape index (κ2) is 3.12. The lowest BCUT2D eigenvalue weighted by Gasteiger charge is -2.21. The fourth-order valence-corrected chi connectivity index (χ4v) is 2.38. The summed E-state index contributed by atoms with van der Waals surface area (Å²) in [6.45, 7) is 2.19. The molecule has 66 valence electrons. The Kier molecular flexibility index (Phi) is 2.12. The summed E-state index contributed by atoms with van der Waals surface area (Å²) in [7, 11) is 0. The fourth-order valence-electron chi connectivity index (χ4n) is 1.51. The summed E-state index contributed by atoms with van der Waals surface area (Å²) in [6, 6.07) is 0. The van der Waals surface area contributed by atoms with Crippen molar-refractivity contribution in [2.75, 3.05) is 19.8 Å². The highest BCUT2D eigenvalue weighted by Gasteiger charge is 2.37. The first-order chi connectivity index (χ1) is 5.87. The third-order valence-corrected chi connectivity index (χ3v) is 3.40. The largest absolute Gasteiger partial charge is 0.380 e. The summed E-state index contributed by atoms with van der Waals surface area (Å²) < 4.78 is 5.36. The van der Waals surface area contributed by atoms with Crippen molar-refractivity contribution in [1.82, 2.24) is 4.98 Å². The lowest BCUT2D eigenvalue weighted by atomic mass is 9.88. The van der Waals surface area contributed by atoms with Crippen LogP contribution in [0, 0.1) is 0 Å². The van der Waals surface area contributed by atoms with Crippen LogP contribution in [0.1, 0.15) is 11.4 Å². The van der Waals surface area contributed by atoms with E-state index in [1.807, 2.05) is 11.6 Å². The number of hydrogen-bond donors (Lipinski definition) is 1. The molecule has 1 fully saturated rings. The van der Waals surface area contributed by atoms with Gasteiger partial charge in [0.1, 0.15) is 5.01 Å². The van der Waals surface area contributed by atoms with Crippen LogP contribution in [0.25, 0.3) is 0 Å². The number of nitrogens with zero attached hydrogens (tertiary/aromatic N) is 1. The maximum atomic E-state index is 5.75. The van der Waals surface area contributed by atoms with Crippen LogP contribution in [0.2, 0.25) is 0 Å². The monoisotopic (exact) mass is 184 g/mol. The Bertz CT molecular complexity index is 242. The summed E-state index contributed by atoms with van der Waals surface area (Å²) in [5, 5.41) is 3.12. The van der Waals surface area contributed by atoms with Crippen LogP contribution in [-0.4, -0.2) is 24.7 Å². The third kappa shape index (κ3) is 1.16. The number of thiazole rings is 1. The van der Waals surface area contributed by atoms with Crippen molar-refractivity contribution in [3.8, 4) is 0 Å². The molecule has 2 N–H and O–H groups in total. The summed E-state index contributed by atoms with van der Waals surface area (Å²) >= 11 is 1.67. The first-order valence-electron chi connectivity index (χ1n) is 4.05. The van der Waals surface area contributed by atoms with E-state index in [2.05, 4.69) is 4.98 Å². The number of hydrogen-bond acceptors (Lipinski definition) is 4. The van der Waals surface area contributed by atoms with Crippen molar-refractivity contribution in [1.29, 1.82) is 0 Å². The maximum absolute atomic E-state index is 5.75. The van der Waals surface area contributed by atoms with Gasteiger partial charge >= 0.3 is 0 Å². The molecule has 0 spiro atoms. The summed E-state index contributed by atoms with van der Waals surface area (Å²) in [5.74, 6) is 0. The van der Waals surface area contributed by atoms with Crippen LogP contribution in [0.15, 0.2) is 11.6 Å². The maximum Gasteiger partial charge on any atom is 0.102 e. The Morgan fingerprint density at radius 2 is 2.67 bits per heavy atom. The summed E-state index contributed by atoms with van der Waals surface area (Å²) in [6.07, 6.45) is 2.84. The van der Waals surface area contributed by atoms with Gasteiger partial charge in [0.15, 0.2) is 0 Å². The minimum atomic E-state index is 0.0220. The summed E-state index contributed by atoms with van der Waals surface area (Å²) in [4.78, 5) is 4.30. The van der Waals surface area contributed by atoms with Gasteiger partial charge in [0.05, 0.1) is 12.0 Å². The molecule has 0 radical (unpaired) electrons. The lowest BCUT2D eigenvalue weighted by molar-refractivity contribution is 0.178. The number of rotatable bonds is 2. The molecule has 1 aliphatic heterocycles. The minimum absolute atomic E-state index is 0.0220. The van der Waals surface area contributed by atoms with Gasteiger partial charge in [0.25, 0.3) is 0 Å². The van der Waals surface area contributed by atoms with E-state index in [1.165, 1.54) is 0 Å². The van der Waals surface area contributed by atoms with E-state index in [-0.39, 0.29) is 5.41 Å². The molecule has 0 saturated carbocycles. The Morgan fingerprint density at radius 1 is 1.75 bits per heavy atom. The van der Waals surface area contributed by atoms with Gasteiger partial charge in [-0.05, 0) is 6.42 Å². The first kappa shape index (κ1) is 8.16. The molecule has 1 unspecified atom stereocenters. The van der Waals surface area contributed by atoms with E-state index in [4.69, 9.17) is 10.5 Å². The zero-order valence-corrected chi connectivity index (χ0v) is 7.64. The van der Waals surface area contributed by atoms with Crippen LogP contribution in [0.5, 0.6) is 0 Å². The molecule has 1 aromatic heterocycles. The average Bonchev–Trinajstić information content (AvgIpc) is 2.76. The molecule has 2 rings (SSSR count). The van der Waals surface area contributed by atoms with Crippen molar-refractivity contribution in [3.63, 3.8) is 0 Å². The van der Waals surface area contributed by atoms with Gasteiger partial charge in [-0.2, -0.15) is 0 Å². The van der Waals surface area contributed by atoms with Gasteiger partial charge < -0.3 is 10.5 Å². The topological polar surface area (TPSA) is 48.1 Å². The van der Waals surface area contributed by atoms with E-state index in [1.54, 1.807) is 11.3 Å². The van der Waals surface area contributed by atoms with E-state index < -0.39 is 0 Å². The van der Waals surface area contributed by atoms with Crippen molar-refractivity contribution in [2.24, 2.45) is 5.73 Å². The average molecular weight is 184 g/mol. The molecule has 1 aliphatic rings. The molecule has 1 atom stereocenters.